The summed E-state index contributed by atoms with van der Waals surface area (Å²) in [5, 5.41) is 12.0. The Bertz CT molecular complexity index is 1070. The Labute approximate surface area is 188 Å². The van der Waals surface area contributed by atoms with Gasteiger partial charge in [-0.1, -0.05) is 73.2 Å². The lowest BCUT2D eigenvalue weighted by molar-refractivity contribution is -0.138. The molecule has 0 unspecified atom stereocenters. The molecule has 32 heavy (non-hydrogen) atoms. The van der Waals surface area contributed by atoms with Crippen LogP contribution in [0, 0.1) is 0 Å². The molecule has 0 aliphatic heterocycles. The monoisotopic (exact) mass is 428 g/mol. The third-order valence-electron chi connectivity index (χ3n) is 6.49. The van der Waals surface area contributed by atoms with Gasteiger partial charge in [0.15, 0.2) is 0 Å². The summed E-state index contributed by atoms with van der Waals surface area (Å²) in [4.78, 5) is 23.6. The molecule has 5 nitrogen and oxygen atoms in total. The van der Waals surface area contributed by atoms with Gasteiger partial charge in [-0.15, -0.1) is 0 Å². The van der Waals surface area contributed by atoms with Crippen molar-refractivity contribution in [2.45, 2.75) is 37.1 Å². The maximum Gasteiger partial charge on any atom is 0.320 e. The van der Waals surface area contributed by atoms with Gasteiger partial charge in [-0.3, -0.25) is 9.59 Å². The summed E-state index contributed by atoms with van der Waals surface area (Å²) < 4.78 is 0. The van der Waals surface area contributed by atoms with Crippen molar-refractivity contribution < 1.29 is 14.7 Å². The number of carbonyl (C=O) groups is 2. The molecule has 1 saturated carbocycles. The molecule has 0 radical (unpaired) electrons. The van der Waals surface area contributed by atoms with Crippen molar-refractivity contribution in [1.82, 2.24) is 5.32 Å². The van der Waals surface area contributed by atoms with E-state index in [0.717, 1.165) is 24.8 Å². The number of aliphatic carboxylic acids is 1. The third kappa shape index (κ3) is 4.73. The SMILES string of the molecule is N[C@@H](Cc1ccc(C(=O)NCC2(c3ccc(-c4ccccc4)cc3)CCC2)cc1)C(=O)O. The number of benzene rings is 3. The van der Waals surface area contributed by atoms with Crippen LogP contribution in [-0.2, 0) is 16.6 Å². The number of hydrogen-bond acceptors (Lipinski definition) is 3. The minimum atomic E-state index is -1.03. The second-order valence-corrected chi connectivity index (χ2v) is 8.61. The maximum absolute atomic E-state index is 12.7. The predicted molar refractivity (Wildman–Crippen MR) is 125 cm³/mol. The van der Waals surface area contributed by atoms with Crippen molar-refractivity contribution in [3.05, 3.63) is 95.6 Å². The van der Waals surface area contributed by atoms with Crippen LogP contribution in [0.25, 0.3) is 11.1 Å². The van der Waals surface area contributed by atoms with Crippen LogP contribution in [0.5, 0.6) is 0 Å². The Hall–Kier alpha value is -3.44. The summed E-state index contributed by atoms with van der Waals surface area (Å²) in [6.07, 6.45) is 3.52. The Balaban J connectivity index is 1.39. The lowest BCUT2D eigenvalue weighted by Crippen LogP contribution is -2.45. The molecule has 1 atom stereocenters. The van der Waals surface area contributed by atoms with E-state index in [2.05, 4.69) is 41.7 Å². The largest absolute Gasteiger partial charge is 0.480 e. The lowest BCUT2D eigenvalue weighted by Gasteiger charge is -2.42. The highest BCUT2D eigenvalue weighted by Crippen LogP contribution is 2.43. The van der Waals surface area contributed by atoms with Crippen LogP contribution in [0.3, 0.4) is 0 Å². The lowest BCUT2D eigenvalue weighted by atomic mass is 9.64. The maximum atomic E-state index is 12.7. The molecular weight excluding hydrogens is 400 g/mol. The van der Waals surface area contributed by atoms with Gasteiger partial charge in [0.1, 0.15) is 6.04 Å². The van der Waals surface area contributed by atoms with Crippen LogP contribution in [0.2, 0.25) is 0 Å². The summed E-state index contributed by atoms with van der Waals surface area (Å²) in [6.45, 7) is 0.599. The number of nitrogens with one attached hydrogen (secondary N) is 1. The first-order valence-corrected chi connectivity index (χ1v) is 11.0. The Kier molecular flexibility index (Phi) is 6.37. The summed E-state index contributed by atoms with van der Waals surface area (Å²) >= 11 is 0. The van der Waals surface area contributed by atoms with Crippen molar-refractivity contribution >= 4 is 11.9 Å². The van der Waals surface area contributed by atoms with Crippen LogP contribution in [0.4, 0.5) is 0 Å². The van der Waals surface area contributed by atoms with Gasteiger partial charge in [0, 0.05) is 17.5 Å². The van der Waals surface area contributed by atoms with Gasteiger partial charge in [-0.25, -0.2) is 0 Å². The fourth-order valence-corrected chi connectivity index (χ4v) is 4.30. The first kappa shape index (κ1) is 21.8. The van der Waals surface area contributed by atoms with Crippen LogP contribution in [-0.4, -0.2) is 29.6 Å². The van der Waals surface area contributed by atoms with Crippen molar-refractivity contribution in [1.29, 1.82) is 0 Å². The van der Waals surface area contributed by atoms with Gasteiger partial charge in [-0.2, -0.15) is 0 Å². The molecule has 3 aromatic rings. The van der Waals surface area contributed by atoms with Crippen molar-refractivity contribution in [2.75, 3.05) is 6.54 Å². The fraction of sp³-hybridized carbons (Fsp3) is 0.259. The average Bonchev–Trinajstić information content (AvgIpc) is 2.79. The molecule has 0 saturated heterocycles. The summed E-state index contributed by atoms with van der Waals surface area (Å²) in [7, 11) is 0. The average molecular weight is 429 g/mol. The van der Waals surface area contributed by atoms with Crippen molar-refractivity contribution in [3.8, 4) is 11.1 Å². The molecule has 0 heterocycles. The van der Waals surface area contributed by atoms with E-state index in [1.54, 1.807) is 24.3 Å². The predicted octanol–water partition coefficient (Wildman–Crippen LogP) is 4.16. The molecule has 0 bridgehead atoms. The van der Waals surface area contributed by atoms with Gasteiger partial charge in [-0.05, 0) is 53.6 Å². The Morgan fingerprint density at radius 1 is 0.906 bits per heavy atom. The first-order chi connectivity index (χ1) is 15.5. The number of hydrogen-bond donors (Lipinski definition) is 3. The molecule has 1 aliphatic carbocycles. The zero-order chi connectivity index (χ0) is 22.6. The molecule has 4 rings (SSSR count). The van der Waals surface area contributed by atoms with Gasteiger partial charge < -0.3 is 16.2 Å². The second-order valence-electron chi connectivity index (χ2n) is 8.61. The highest BCUT2D eigenvalue weighted by Gasteiger charge is 2.38. The van der Waals surface area contributed by atoms with Gasteiger partial charge in [0.05, 0.1) is 0 Å². The normalized spacial score (nSPS) is 15.4. The van der Waals surface area contributed by atoms with Crippen LogP contribution >= 0.6 is 0 Å². The molecule has 1 aliphatic rings. The van der Waals surface area contributed by atoms with E-state index >= 15 is 0 Å². The van der Waals surface area contributed by atoms with E-state index in [1.165, 1.54) is 16.7 Å². The minimum Gasteiger partial charge on any atom is -0.480 e. The topological polar surface area (TPSA) is 92.4 Å². The van der Waals surface area contributed by atoms with E-state index in [1.807, 2.05) is 18.2 Å². The Morgan fingerprint density at radius 2 is 1.53 bits per heavy atom. The summed E-state index contributed by atoms with van der Waals surface area (Å²) in [6, 6.07) is 25.0. The van der Waals surface area contributed by atoms with Gasteiger partial charge in [0.2, 0.25) is 0 Å². The molecule has 164 valence electrons. The van der Waals surface area contributed by atoms with E-state index in [0.29, 0.717) is 12.1 Å². The molecule has 1 amide bonds. The standard InChI is InChI=1S/C27H28N2O3/c28-24(26(31)32)17-19-7-9-22(10-8-19)25(30)29-18-27(15-4-16-27)23-13-11-21(12-14-23)20-5-2-1-3-6-20/h1-3,5-14,24H,4,15-18,28H2,(H,29,30)(H,31,32)/t24-/m0/s1. The molecule has 3 aromatic carbocycles. The number of carboxylic acid groups (broad SMARTS) is 1. The second kappa shape index (κ2) is 9.37. The van der Waals surface area contributed by atoms with Gasteiger partial charge in [0.25, 0.3) is 5.91 Å². The summed E-state index contributed by atoms with van der Waals surface area (Å²) in [5.41, 5.74) is 10.6. The molecule has 5 heteroatoms. The molecule has 0 spiro atoms. The number of nitrogens with two attached hydrogens (primary N) is 1. The van der Waals surface area contributed by atoms with Crippen LogP contribution < -0.4 is 11.1 Å². The zero-order valence-electron chi connectivity index (χ0n) is 18.0. The smallest absolute Gasteiger partial charge is 0.320 e. The van der Waals surface area contributed by atoms with Crippen molar-refractivity contribution in [3.63, 3.8) is 0 Å². The Morgan fingerprint density at radius 3 is 2.09 bits per heavy atom. The molecule has 0 aromatic heterocycles. The summed E-state index contributed by atoms with van der Waals surface area (Å²) in [5.74, 6) is -1.15. The van der Waals surface area contributed by atoms with E-state index in [9.17, 15) is 9.59 Å². The number of carboxylic acids is 1. The third-order valence-corrected chi connectivity index (χ3v) is 6.49. The van der Waals surface area contributed by atoms with Gasteiger partial charge >= 0.3 is 5.97 Å². The molecular formula is C27H28N2O3. The van der Waals surface area contributed by atoms with E-state index in [-0.39, 0.29) is 17.7 Å². The fourth-order valence-electron chi connectivity index (χ4n) is 4.30. The number of amides is 1. The quantitative estimate of drug-likeness (QED) is 0.502. The van der Waals surface area contributed by atoms with Crippen LogP contribution in [0.1, 0.15) is 40.7 Å². The van der Waals surface area contributed by atoms with E-state index < -0.39 is 12.0 Å². The van der Waals surface area contributed by atoms with Crippen molar-refractivity contribution in [2.24, 2.45) is 5.73 Å². The minimum absolute atomic E-state index is 0.0148. The molecule has 4 N–H and O–H groups in total. The zero-order valence-corrected chi connectivity index (χ0v) is 18.0. The first-order valence-electron chi connectivity index (χ1n) is 11.0. The van der Waals surface area contributed by atoms with Crippen LogP contribution in [0.15, 0.2) is 78.9 Å². The number of rotatable bonds is 8. The van der Waals surface area contributed by atoms with E-state index in [4.69, 9.17) is 10.8 Å². The number of carbonyl (C=O) groups excluding carboxylic acids is 1. The molecule has 1 fully saturated rings. The highest BCUT2D eigenvalue weighted by atomic mass is 16.4. The highest BCUT2D eigenvalue weighted by molar-refractivity contribution is 5.94.